The average Bonchev–Trinajstić information content (AvgIpc) is 2.79. The van der Waals surface area contributed by atoms with Crippen LogP contribution in [0.4, 0.5) is 13.2 Å². The second kappa shape index (κ2) is 9.98. The molecule has 0 unspecified atom stereocenters. The number of carbonyl (C=O) groups is 1. The molecule has 0 saturated carbocycles. The predicted octanol–water partition coefficient (Wildman–Crippen LogP) is 4.25. The number of fused-ring (bicyclic) bond motifs is 1. The lowest BCUT2D eigenvalue weighted by atomic mass is 10.1. The van der Waals surface area contributed by atoms with E-state index in [0.29, 0.717) is 0 Å². The van der Waals surface area contributed by atoms with E-state index in [1.165, 1.54) is 12.1 Å². The molecule has 0 fully saturated rings. The molecule has 0 radical (unpaired) electrons. The zero-order valence-corrected chi connectivity index (χ0v) is 19.8. The maximum absolute atomic E-state index is 13.2. The van der Waals surface area contributed by atoms with Crippen LogP contribution in [0.3, 0.4) is 0 Å². The van der Waals surface area contributed by atoms with E-state index in [2.05, 4.69) is 8.92 Å². The van der Waals surface area contributed by atoms with Crippen molar-refractivity contribution in [3.8, 4) is 11.5 Å². The van der Waals surface area contributed by atoms with Crippen LogP contribution in [0, 0.1) is 5.92 Å². The number of aromatic nitrogens is 1. The number of hydrogen-bond acceptors (Lipinski definition) is 7. The summed E-state index contributed by atoms with van der Waals surface area (Å²) in [4.78, 5) is 25.8. The second-order valence-corrected chi connectivity index (χ2v) is 9.48. The monoisotopic (exact) mass is 513 g/mol. The minimum Gasteiger partial charge on any atom is -0.489 e. The Kier molecular flexibility index (Phi) is 7.44. The Bertz CT molecular complexity index is 1400. The van der Waals surface area contributed by atoms with Gasteiger partial charge in [-0.25, -0.2) is 4.79 Å². The van der Waals surface area contributed by atoms with Crippen molar-refractivity contribution in [2.24, 2.45) is 5.92 Å². The lowest BCUT2D eigenvalue weighted by Gasteiger charge is -2.20. The molecule has 0 bridgehead atoms. The molecule has 0 amide bonds. The molecule has 8 nitrogen and oxygen atoms in total. The highest BCUT2D eigenvalue weighted by Crippen LogP contribution is 2.36. The van der Waals surface area contributed by atoms with Gasteiger partial charge in [-0.05, 0) is 29.7 Å². The van der Waals surface area contributed by atoms with E-state index in [1.54, 1.807) is 44.2 Å². The smallest absolute Gasteiger partial charge is 0.489 e. The first kappa shape index (κ1) is 26.1. The molecule has 1 aromatic heterocycles. The van der Waals surface area contributed by atoms with Crippen LogP contribution in [-0.2, 0) is 28.0 Å². The molecule has 1 heterocycles. The second-order valence-electron chi connectivity index (χ2n) is 7.94. The van der Waals surface area contributed by atoms with Gasteiger partial charge in [0.1, 0.15) is 12.4 Å². The van der Waals surface area contributed by atoms with E-state index in [9.17, 15) is 31.2 Å². The Hall–Kier alpha value is -3.54. The van der Waals surface area contributed by atoms with Gasteiger partial charge in [0.25, 0.3) is 5.56 Å². The van der Waals surface area contributed by atoms with Crippen LogP contribution >= 0.6 is 0 Å². The van der Waals surface area contributed by atoms with Crippen molar-refractivity contribution in [3.63, 3.8) is 0 Å². The number of halogens is 3. The molecule has 3 rings (SSSR count). The highest BCUT2D eigenvalue weighted by molar-refractivity contribution is 7.88. The first-order valence-electron chi connectivity index (χ1n) is 10.3. The Morgan fingerprint density at radius 2 is 1.71 bits per heavy atom. The summed E-state index contributed by atoms with van der Waals surface area (Å²) in [6.45, 7) is 3.36. The minimum atomic E-state index is -6.20. The number of carbonyl (C=O) groups excluding carboxylic acids is 1. The maximum atomic E-state index is 13.2. The Balaban J connectivity index is 2.29. The lowest BCUT2D eigenvalue weighted by Crippen LogP contribution is -2.33. The van der Waals surface area contributed by atoms with Crippen LogP contribution in [0.1, 0.15) is 29.9 Å². The van der Waals surface area contributed by atoms with E-state index in [0.717, 1.165) is 23.3 Å². The van der Waals surface area contributed by atoms with Crippen molar-refractivity contribution < 1.29 is 40.0 Å². The number of alkyl halides is 3. The van der Waals surface area contributed by atoms with Crippen LogP contribution in [0.25, 0.3) is 10.8 Å². The number of hydrogen-bond donors (Lipinski definition) is 0. The molecule has 0 saturated heterocycles. The largest absolute Gasteiger partial charge is 0.534 e. The van der Waals surface area contributed by atoms with E-state index in [4.69, 9.17) is 4.74 Å². The number of esters is 1. The Labute approximate surface area is 199 Å². The van der Waals surface area contributed by atoms with Crippen LogP contribution in [-0.4, -0.2) is 31.6 Å². The summed E-state index contributed by atoms with van der Waals surface area (Å²) in [5.41, 5.74) is -6.49. The van der Waals surface area contributed by atoms with Crippen LogP contribution in [0.2, 0.25) is 0 Å². The summed E-state index contributed by atoms with van der Waals surface area (Å²) in [6, 6.07) is 12.8. The molecule has 188 valence electrons. The van der Waals surface area contributed by atoms with E-state index in [1.807, 2.05) is 0 Å². The zero-order valence-electron chi connectivity index (χ0n) is 19.0. The molecule has 0 N–H and O–H groups in total. The third kappa shape index (κ3) is 5.59. The van der Waals surface area contributed by atoms with Gasteiger partial charge in [0.2, 0.25) is 0 Å². The predicted molar refractivity (Wildman–Crippen MR) is 121 cm³/mol. The highest BCUT2D eigenvalue weighted by atomic mass is 32.2. The maximum Gasteiger partial charge on any atom is 0.534 e. The van der Waals surface area contributed by atoms with E-state index in [-0.39, 0.29) is 35.6 Å². The number of pyridine rings is 1. The lowest BCUT2D eigenvalue weighted by molar-refractivity contribution is -0.0500. The van der Waals surface area contributed by atoms with Gasteiger partial charge in [-0.15, -0.1) is 0 Å². The van der Waals surface area contributed by atoms with E-state index >= 15 is 0 Å². The third-order valence-electron chi connectivity index (χ3n) is 4.85. The van der Waals surface area contributed by atoms with Crippen LogP contribution in [0.5, 0.6) is 11.5 Å². The molecule has 3 aromatic rings. The standard InChI is InChI=1S/C23H22F3NO7S/c1-14(2)12-27-19(22(29)32-3)20(34-35(30,31)23(24,25)26)18-11-16(9-10-17(18)21(27)28)33-13-15-7-5-4-6-8-15/h4-11,14H,12-13H2,1-3H3. The SMILES string of the molecule is COC(=O)c1c(OS(=O)(=O)C(F)(F)F)c2cc(OCc3ccccc3)ccc2c(=O)n1CC(C)C. The molecule has 12 heteroatoms. The number of methoxy groups -OCH3 is 1. The van der Waals surface area contributed by atoms with Gasteiger partial charge >= 0.3 is 21.6 Å². The van der Waals surface area contributed by atoms with Crippen molar-refractivity contribution in [1.82, 2.24) is 4.57 Å². The molecular formula is C23H22F3NO7S. The Morgan fingerprint density at radius 3 is 2.29 bits per heavy atom. The van der Waals surface area contributed by atoms with Crippen molar-refractivity contribution in [3.05, 3.63) is 70.1 Å². The van der Waals surface area contributed by atoms with Crippen molar-refractivity contribution >= 4 is 26.9 Å². The first-order valence-corrected chi connectivity index (χ1v) is 11.7. The summed E-state index contributed by atoms with van der Waals surface area (Å²) >= 11 is 0. The summed E-state index contributed by atoms with van der Waals surface area (Å²) < 4.78 is 79.0. The first-order chi connectivity index (χ1) is 16.4. The van der Waals surface area contributed by atoms with Crippen molar-refractivity contribution in [2.45, 2.75) is 32.5 Å². The number of ether oxygens (including phenoxy) is 2. The molecule has 0 spiro atoms. The van der Waals surface area contributed by atoms with Gasteiger partial charge in [-0.1, -0.05) is 44.2 Å². The van der Waals surface area contributed by atoms with Gasteiger partial charge in [0, 0.05) is 11.9 Å². The van der Waals surface area contributed by atoms with Crippen LogP contribution < -0.4 is 14.5 Å². The average molecular weight is 513 g/mol. The minimum absolute atomic E-state index is 0.0810. The fourth-order valence-corrected chi connectivity index (χ4v) is 3.79. The van der Waals surface area contributed by atoms with Crippen molar-refractivity contribution in [1.29, 1.82) is 0 Å². The van der Waals surface area contributed by atoms with Gasteiger partial charge in [-0.2, -0.15) is 21.6 Å². The van der Waals surface area contributed by atoms with Crippen LogP contribution in [0.15, 0.2) is 53.3 Å². The number of benzene rings is 2. The molecule has 0 atom stereocenters. The van der Waals surface area contributed by atoms with E-state index < -0.39 is 38.6 Å². The van der Waals surface area contributed by atoms with Gasteiger partial charge in [0.15, 0.2) is 11.4 Å². The fraction of sp³-hybridized carbons (Fsp3) is 0.304. The fourth-order valence-electron chi connectivity index (χ4n) is 3.31. The Morgan fingerprint density at radius 1 is 1.06 bits per heavy atom. The highest BCUT2D eigenvalue weighted by Gasteiger charge is 2.49. The zero-order chi connectivity index (χ0) is 26.0. The van der Waals surface area contributed by atoms with Gasteiger partial charge in [0.05, 0.1) is 12.5 Å². The van der Waals surface area contributed by atoms with Crippen molar-refractivity contribution in [2.75, 3.05) is 7.11 Å². The summed E-state index contributed by atoms with van der Waals surface area (Å²) in [6.07, 6.45) is 0. The molecule has 0 aliphatic rings. The summed E-state index contributed by atoms with van der Waals surface area (Å²) in [5, 5.41) is -0.522. The summed E-state index contributed by atoms with van der Waals surface area (Å²) in [5.74, 6) is -2.36. The topological polar surface area (TPSA) is 101 Å². The van der Waals surface area contributed by atoms with Gasteiger partial charge < -0.3 is 13.7 Å². The quantitative estimate of drug-likeness (QED) is 0.252. The summed E-state index contributed by atoms with van der Waals surface area (Å²) in [7, 11) is -5.25. The molecule has 0 aliphatic carbocycles. The number of rotatable bonds is 8. The molecule has 0 aliphatic heterocycles. The molecular weight excluding hydrogens is 491 g/mol. The van der Waals surface area contributed by atoms with Gasteiger partial charge in [-0.3, -0.25) is 9.36 Å². The third-order valence-corrected chi connectivity index (χ3v) is 5.80. The number of nitrogens with zero attached hydrogens (tertiary/aromatic N) is 1. The molecule has 2 aromatic carbocycles. The normalized spacial score (nSPS) is 12.1. The molecule has 35 heavy (non-hydrogen) atoms.